The Labute approximate surface area is 118 Å². The van der Waals surface area contributed by atoms with Crippen molar-refractivity contribution in [2.45, 2.75) is 6.54 Å². The lowest BCUT2D eigenvalue weighted by atomic mass is 10.2. The van der Waals surface area contributed by atoms with E-state index in [0.29, 0.717) is 5.82 Å². The van der Waals surface area contributed by atoms with Crippen molar-refractivity contribution in [2.24, 2.45) is 0 Å². The van der Waals surface area contributed by atoms with Gasteiger partial charge in [-0.3, -0.25) is 0 Å². The second-order valence-corrected chi connectivity index (χ2v) is 4.42. The quantitative estimate of drug-likeness (QED) is 0.864. The lowest BCUT2D eigenvalue weighted by Gasteiger charge is -2.19. The molecule has 2 rings (SSSR count). The molecule has 0 aliphatic carbocycles. The van der Waals surface area contributed by atoms with Crippen LogP contribution in [0, 0.1) is 0 Å². The summed E-state index contributed by atoms with van der Waals surface area (Å²) in [6, 6.07) is 9.80. The van der Waals surface area contributed by atoms with Crippen LogP contribution in [-0.2, 0) is 6.54 Å². The van der Waals surface area contributed by atoms with Crippen LogP contribution >= 0.6 is 0 Å². The maximum atomic E-state index is 5.70. The van der Waals surface area contributed by atoms with Gasteiger partial charge in [0.15, 0.2) is 0 Å². The predicted octanol–water partition coefficient (Wildman–Crippen LogP) is 1.75. The van der Waals surface area contributed by atoms with Crippen molar-refractivity contribution in [1.82, 2.24) is 9.97 Å². The maximum absolute atomic E-state index is 5.70. The van der Waals surface area contributed by atoms with E-state index in [-0.39, 0.29) is 5.95 Å². The number of methoxy groups -OCH3 is 1. The van der Waals surface area contributed by atoms with Crippen molar-refractivity contribution in [3.63, 3.8) is 0 Å². The number of anilines is 3. The van der Waals surface area contributed by atoms with Gasteiger partial charge in [0.2, 0.25) is 5.95 Å². The summed E-state index contributed by atoms with van der Waals surface area (Å²) < 4.78 is 5.15. The van der Waals surface area contributed by atoms with Crippen LogP contribution in [0.2, 0.25) is 0 Å². The van der Waals surface area contributed by atoms with Crippen molar-refractivity contribution < 1.29 is 4.74 Å². The van der Waals surface area contributed by atoms with E-state index in [9.17, 15) is 0 Å². The number of hydrogen-bond acceptors (Lipinski definition) is 6. The van der Waals surface area contributed by atoms with Crippen LogP contribution in [0.1, 0.15) is 5.56 Å². The van der Waals surface area contributed by atoms with Crippen LogP contribution in [-0.4, -0.2) is 31.2 Å². The maximum Gasteiger partial charge on any atom is 0.223 e. The Morgan fingerprint density at radius 2 is 1.95 bits per heavy atom. The van der Waals surface area contributed by atoms with Crippen LogP contribution < -0.4 is 20.7 Å². The average molecular weight is 273 g/mol. The summed E-state index contributed by atoms with van der Waals surface area (Å²) >= 11 is 0. The zero-order valence-electron chi connectivity index (χ0n) is 11.9. The van der Waals surface area contributed by atoms with Gasteiger partial charge in [-0.05, 0) is 17.7 Å². The second kappa shape index (κ2) is 6.10. The molecule has 3 N–H and O–H groups in total. The molecule has 0 fully saturated rings. The van der Waals surface area contributed by atoms with Gasteiger partial charge in [0.25, 0.3) is 0 Å². The zero-order valence-corrected chi connectivity index (χ0v) is 11.9. The monoisotopic (exact) mass is 273 g/mol. The molecule has 0 saturated carbocycles. The van der Waals surface area contributed by atoms with Gasteiger partial charge in [0.1, 0.15) is 17.4 Å². The fraction of sp³-hybridized carbons (Fsp3) is 0.286. The number of benzene rings is 1. The molecule has 6 nitrogen and oxygen atoms in total. The fourth-order valence-corrected chi connectivity index (χ4v) is 1.86. The molecule has 1 heterocycles. The second-order valence-electron chi connectivity index (χ2n) is 4.42. The number of hydrogen-bond donors (Lipinski definition) is 2. The topological polar surface area (TPSA) is 76.3 Å². The Kier molecular flexibility index (Phi) is 4.24. The van der Waals surface area contributed by atoms with E-state index in [1.807, 2.05) is 42.3 Å². The fourth-order valence-electron chi connectivity index (χ4n) is 1.86. The van der Waals surface area contributed by atoms with E-state index >= 15 is 0 Å². The molecule has 0 spiro atoms. The molecule has 106 valence electrons. The van der Waals surface area contributed by atoms with Crippen molar-refractivity contribution >= 4 is 17.6 Å². The van der Waals surface area contributed by atoms with Crippen LogP contribution in [0.25, 0.3) is 0 Å². The third kappa shape index (κ3) is 3.28. The summed E-state index contributed by atoms with van der Waals surface area (Å²) in [5, 5.41) is 2.97. The minimum Gasteiger partial charge on any atom is -0.497 e. The molecule has 0 aliphatic rings. The first-order chi connectivity index (χ1) is 9.62. The summed E-state index contributed by atoms with van der Waals surface area (Å²) in [4.78, 5) is 10.3. The molecule has 0 saturated heterocycles. The normalized spacial score (nSPS) is 10.2. The number of nitrogen functional groups attached to an aromatic ring is 1. The van der Waals surface area contributed by atoms with Crippen molar-refractivity contribution in [3.8, 4) is 5.75 Å². The molecular weight excluding hydrogens is 254 g/mol. The van der Waals surface area contributed by atoms with E-state index < -0.39 is 0 Å². The molecule has 0 bridgehead atoms. The van der Waals surface area contributed by atoms with Gasteiger partial charge in [-0.25, -0.2) is 0 Å². The standard InChI is InChI=1S/C14H19N5O/c1-16-12-8-13(18-14(15)17-12)19(2)9-10-4-6-11(20-3)7-5-10/h4-8H,9H2,1-3H3,(H3,15,16,17,18). The molecule has 1 aromatic carbocycles. The predicted molar refractivity (Wildman–Crippen MR) is 81.1 cm³/mol. The molecule has 0 radical (unpaired) electrons. The van der Waals surface area contributed by atoms with E-state index in [4.69, 9.17) is 10.5 Å². The van der Waals surface area contributed by atoms with Gasteiger partial charge in [-0.15, -0.1) is 0 Å². The first-order valence-corrected chi connectivity index (χ1v) is 6.28. The number of ether oxygens (including phenoxy) is 1. The Hall–Kier alpha value is -2.50. The van der Waals surface area contributed by atoms with E-state index in [1.54, 1.807) is 14.2 Å². The lowest BCUT2D eigenvalue weighted by molar-refractivity contribution is 0.414. The van der Waals surface area contributed by atoms with Gasteiger partial charge in [-0.2, -0.15) is 9.97 Å². The number of nitrogens with zero attached hydrogens (tertiary/aromatic N) is 3. The van der Waals surface area contributed by atoms with Crippen molar-refractivity contribution in [1.29, 1.82) is 0 Å². The molecule has 1 aromatic heterocycles. The molecular formula is C14H19N5O. The first-order valence-electron chi connectivity index (χ1n) is 6.28. The highest BCUT2D eigenvalue weighted by molar-refractivity contribution is 5.52. The first kappa shape index (κ1) is 13.9. The van der Waals surface area contributed by atoms with Crippen LogP contribution in [0.15, 0.2) is 30.3 Å². The summed E-state index contributed by atoms with van der Waals surface area (Å²) in [5.41, 5.74) is 6.86. The van der Waals surface area contributed by atoms with E-state index in [1.165, 1.54) is 0 Å². The van der Waals surface area contributed by atoms with Gasteiger partial charge >= 0.3 is 0 Å². The Morgan fingerprint density at radius 1 is 1.25 bits per heavy atom. The molecule has 0 atom stereocenters. The smallest absolute Gasteiger partial charge is 0.223 e. The van der Waals surface area contributed by atoms with Crippen LogP contribution in [0.4, 0.5) is 17.6 Å². The van der Waals surface area contributed by atoms with Crippen molar-refractivity contribution in [2.75, 3.05) is 37.2 Å². The van der Waals surface area contributed by atoms with Gasteiger partial charge < -0.3 is 20.7 Å². The zero-order chi connectivity index (χ0) is 14.5. The average Bonchev–Trinajstić information content (AvgIpc) is 2.47. The molecule has 6 heteroatoms. The molecule has 2 aromatic rings. The minimum atomic E-state index is 0.258. The third-order valence-electron chi connectivity index (χ3n) is 2.96. The SMILES string of the molecule is CNc1cc(N(C)Cc2ccc(OC)cc2)nc(N)n1. The van der Waals surface area contributed by atoms with Crippen LogP contribution in [0.5, 0.6) is 5.75 Å². The lowest BCUT2D eigenvalue weighted by Crippen LogP contribution is -2.18. The number of aromatic nitrogens is 2. The highest BCUT2D eigenvalue weighted by Crippen LogP contribution is 2.18. The Balaban J connectivity index is 2.14. The number of rotatable bonds is 5. The van der Waals surface area contributed by atoms with Gasteiger partial charge in [-0.1, -0.05) is 12.1 Å². The summed E-state index contributed by atoms with van der Waals surface area (Å²) in [7, 11) is 5.42. The summed E-state index contributed by atoms with van der Waals surface area (Å²) in [5.74, 6) is 2.58. The minimum absolute atomic E-state index is 0.258. The summed E-state index contributed by atoms with van der Waals surface area (Å²) in [6.45, 7) is 0.726. The number of nitrogens with two attached hydrogens (primary N) is 1. The highest BCUT2D eigenvalue weighted by Gasteiger charge is 2.07. The van der Waals surface area contributed by atoms with E-state index in [2.05, 4.69) is 15.3 Å². The third-order valence-corrected chi connectivity index (χ3v) is 2.96. The molecule has 20 heavy (non-hydrogen) atoms. The molecule has 0 amide bonds. The largest absolute Gasteiger partial charge is 0.497 e. The van der Waals surface area contributed by atoms with Crippen LogP contribution in [0.3, 0.4) is 0 Å². The van der Waals surface area contributed by atoms with Crippen molar-refractivity contribution in [3.05, 3.63) is 35.9 Å². The Morgan fingerprint density at radius 3 is 2.55 bits per heavy atom. The molecule has 0 unspecified atom stereocenters. The summed E-state index contributed by atoms with van der Waals surface area (Å²) in [6.07, 6.45) is 0. The van der Waals surface area contributed by atoms with Gasteiger partial charge in [0.05, 0.1) is 7.11 Å². The Bertz CT molecular complexity index is 570. The van der Waals surface area contributed by atoms with Gasteiger partial charge in [0, 0.05) is 26.7 Å². The highest BCUT2D eigenvalue weighted by atomic mass is 16.5. The van der Waals surface area contributed by atoms with E-state index in [0.717, 1.165) is 23.7 Å². The number of nitrogens with one attached hydrogen (secondary N) is 1. The molecule has 0 aliphatic heterocycles.